The summed E-state index contributed by atoms with van der Waals surface area (Å²) in [4.78, 5) is 0. The van der Waals surface area contributed by atoms with Crippen molar-refractivity contribution in [2.75, 3.05) is 20.3 Å². The molecule has 5 nitrogen and oxygen atoms in total. The van der Waals surface area contributed by atoms with Crippen LogP contribution in [0.15, 0.2) is 12.3 Å². The molecule has 0 amide bonds. The summed E-state index contributed by atoms with van der Waals surface area (Å²) in [5.41, 5.74) is 1.05. The molecule has 0 fully saturated rings. The monoisotopic (exact) mass is 269 g/mol. The number of aromatic nitrogens is 2. The average Bonchev–Trinajstić information content (AvgIpc) is 2.85. The topological polar surface area (TPSA) is 59.3 Å². The lowest BCUT2D eigenvalue weighted by atomic mass is 10.2. The molecule has 19 heavy (non-hydrogen) atoms. The summed E-state index contributed by atoms with van der Waals surface area (Å²) in [6.45, 7) is 6.27. The van der Waals surface area contributed by atoms with E-state index < -0.39 is 0 Å². The number of aliphatic hydroxyl groups is 1. The molecule has 5 heteroatoms. The van der Waals surface area contributed by atoms with Crippen LogP contribution in [-0.2, 0) is 11.3 Å². The van der Waals surface area contributed by atoms with E-state index in [9.17, 15) is 5.11 Å². The van der Waals surface area contributed by atoms with Crippen LogP contribution in [0.3, 0.4) is 0 Å². The Kier molecular flexibility index (Phi) is 7.70. The normalized spacial score (nSPS) is 13.1. The summed E-state index contributed by atoms with van der Waals surface area (Å²) in [5.74, 6) is 0. The van der Waals surface area contributed by atoms with Gasteiger partial charge in [-0.15, -0.1) is 0 Å². The third-order valence-electron chi connectivity index (χ3n) is 3.30. The second kappa shape index (κ2) is 9.07. The van der Waals surface area contributed by atoms with E-state index in [2.05, 4.69) is 41.2 Å². The third kappa shape index (κ3) is 5.72. The Bertz CT molecular complexity index is 337. The van der Waals surface area contributed by atoms with E-state index in [1.54, 1.807) is 7.11 Å². The Morgan fingerprint density at radius 3 is 2.79 bits per heavy atom. The van der Waals surface area contributed by atoms with Gasteiger partial charge in [-0.05, 0) is 31.9 Å². The van der Waals surface area contributed by atoms with E-state index in [1.807, 2.05) is 0 Å². The predicted octanol–water partition coefficient (Wildman–Crippen LogP) is 1.73. The van der Waals surface area contributed by atoms with Crippen molar-refractivity contribution in [2.24, 2.45) is 0 Å². The molecule has 1 aromatic heterocycles. The second-order valence-electron chi connectivity index (χ2n) is 4.83. The van der Waals surface area contributed by atoms with Crippen LogP contribution in [0.4, 0.5) is 0 Å². The first-order valence-electron chi connectivity index (χ1n) is 7.13. The lowest BCUT2D eigenvalue weighted by Crippen LogP contribution is -2.23. The summed E-state index contributed by atoms with van der Waals surface area (Å²) in [7, 11) is 1.60. The van der Waals surface area contributed by atoms with Crippen LogP contribution >= 0.6 is 0 Å². The number of ether oxygens (including phenoxy) is 1. The van der Waals surface area contributed by atoms with Gasteiger partial charge in [-0.1, -0.05) is 13.8 Å². The largest absolute Gasteiger partial charge is 0.391 e. The lowest BCUT2D eigenvalue weighted by Gasteiger charge is -2.12. The predicted molar refractivity (Wildman–Crippen MR) is 76.1 cm³/mol. The van der Waals surface area contributed by atoms with Gasteiger partial charge in [0.25, 0.3) is 0 Å². The number of hydrogen-bond acceptors (Lipinski definition) is 4. The first-order valence-corrected chi connectivity index (χ1v) is 7.13. The van der Waals surface area contributed by atoms with Gasteiger partial charge in [0.15, 0.2) is 0 Å². The van der Waals surface area contributed by atoms with Gasteiger partial charge in [0, 0.05) is 19.9 Å². The zero-order valence-corrected chi connectivity index (χ0v) is 12.3. The van der Waals surface area contributed by atoms with Crippen molar-refractivity contribution >= 4 is 0 Å². The Balaban J connectivity index is 2.26. The smallest absolute Gasteiger partial charge is 0.0785 e. The van der Waals surface area contributed by atoms with Crippen molar-refractivity contribution in [3.8, 4) is 0 Å². The molecule has 0 saturated heterocycles. The second-order valence-corrected chi connectivity index (χ2v) is 4.83. The van der Waals surface area contributed by atoms with Gasteiger partial charge in [-0.25, -0.2) is 0 Å². The van der Waals surface area contributed by atoms with Gasteiger partial charge < -0.3 is 15.2 Å². The van der Waals surface area contributed by atoms with E-state index in [0.29, 0.717) is 19.1 Å². The Morgan fingerprint density at radius 1 is 1.42 bits per heavy atom. The van der Waals surface area contributed by atoms with Crippen LogP contribution in [0, 0.1) is 0 Å². The minimum absolute atomic E-state index is 0.389. The van der Waals surface area contributed by atoms with Gasteiger partial charge in [-0.2, -0.15) is 5.10 Å². The molecule has 0 aliphatic heterocycles. The maximum absolute atomic E-state index is 9.50. The molecule has 0 spiro atoms. The summed E-state index contributed by atoms with van der Waals surface area (Å²) in [6.07, 6.45) is 4.57. The van der Waals surface area contributed by atoms with Gasteiger partial charge in [0.1, 0.15) is 0 Å². The highest BCUT2D eigenvalue weighted by molar-refractivity contribution is 4.99. The van der Waals surface area contributed by atoms with E-state index >= 15 is 0 Å². The summed E-state index contributed by atoms with van der Waals surface area (Å²) in [6, 6.07) is 2.55. The van der Waals surface area contributed by atoms with E-state index in [0.717, 1.165) is 31.6 Å². The highest BCUT2D eigenvalue weighted by atomic mass is 16.5. The van der Waals surface area contributed by atoms with Gasteiger partial charge in [0.05, 0.1) is 24.4 Å². The minimum Gasteiger partial charge on any atom is -0.391 e. The highest BCUT2D eigenvalue weighted by Gasteiger charge is 2.08. The van der Waals surface area contributed by atoms with Crippen LogP contribution in [0.1, 0.15) is 44.8 Å². The first-order chi connectivity index (χ1) is 9.21. The standard InChI is InChI=1S/C14H27N3O2/c1-4-13(5-2)17-9-7-12(16-17)10-15-8-6-14(18)11-19-3/h7,9,13-15,18H,4-6,8,10-11H2,1-3H3. The summed E-state index contributed by atoms with van der Waals surface area (Å²) < 4.78 is 6.93. The molecular formula is C14H27N3O2. The van der Waals surface area contributed by atoms with Crippen molar-refractivity contribution in [1.29, 1.82) is 0 Å². The minimum atomic E-state index is -0.389. The maximum atomic E-state index is 9.50. The molecule has 0 aromatic carbocycles. The van der Waals surface area contributed by atoms with Crippen molar-refractivity contribution in [2.45, 2.75) is 51.8 Å². The molecule has 1 atom stereocenters. The number of methoxy groups -OCH3 is 1. The lowest BCUT2D eigenvalue weighted by molar-refractivity contribution is 0.0594. The fourth-order valence-corrected chi connectivity index (χ4v) is 2.10. The third-order valence-corrected chi connectivity index (χ3v) is 3.30. The van der Waals surface area contributed by atoms with E-state index in [4.69, 9.17) is 4.74 Å². The SMILES string of the molecule is CCC(CC)n1ccc(CNCCC(O)COC)n1. The zero-order valence-electron chi connectivity index (χ0n) is 12.3. The van der Waals surface area contributed by atoms with Crippen LogP contribution in [0.25, 0.3) is 0 Å². The Hall–Kier alpha value is -0.910. The molecule has 1 heterocycles. The fourth-order valence-electron chi connectivity index (χ4n) is 2.10. The molecule has 0 radical (unpaired) electrons. The Morgan fingerprint density at radius 2 is 2.16 bits per heavy atom. The van der Waals surface area contributed by atoms with Crippen LogP contribution < -0.4 is 5.32 Å². The van der Waals surface area contributed by atoms with Gasteiger partial charge in [-0.3, -0.25) is 4.68 Å². The van der Waals surface area contributed by atoms with Crippen molar-refractivity contribution in [3.63, 3.8) is 0 Å². The maximum Gasteiger partial charge on any atom is 0.0785 e. The fraction of sp³-hybridized carbons (Fsp3) is 0.786. The molecule has 2 N–H and O–H groups in total. The van der Waals surface area contributed by atoms with Crippen LogP contribution in [-0.4, -0.2) is 41.3 Å². The zero-order chi connectivity index (χ0) is 14.1. The van der Waals surface area contributed by atoms with Crippen molar-refractivity contribution in [1.82, 2.24) is 15.1 Å². The van der Waals surface area contributed by atoms with Gasteiger partial charge >= 0.3 is 0 Å². The average molecular weight is 269 g/mol. The Labute approximate surface area is 116 Å². The van der Waals surface area contributed by atoms with Crippen LogP contribution in [0.2, 0.25) is 0 Å². The molecule has 1 aromatic rings. The molecule has 0 bridgehead atoms. The molecule has 0 aliphatic rings. The summed E-state index contributed by atoms with van der Waals surface area (Å²) >= 11 is 0. The van der Waals surface area contributed by atoms with E-state index in [-0.39, 0.29) is 6.10 Å². The number of hydrogen-bond donors (Lipinski definition) is 2. The number of nitrogens with zero attached hydrogens (tertiary/aromatic N) is 2. The van der Waals surface area contributed by atoms with Crippen LogP contribution in [0.5, 0.6) is 0 Å². The summed E-state index contributed by atoms with van der Waals surface area (Å²) in [5, 5.41) is 17.4. The molecule has 110 valence electrons. The molecule has 1 unspecified atom stereocenters. The van der Waals surface area contributed by atoms with Crippen molar-refractivity contribution < 1.29 is 9.84 Å². The van der Waals surface area contributed by atoms with Gasteiger partial charge in [0.2, 0.25) is 0 Å². The number of nitrogens with one attached hydrogen (secondary N) is 1. The van der Waals surface area contributed by atoms with Crippen molar-refractivity contribution in [3.05, 3.63) is 18.0 Å². The molecule has 1 rings (SSSR count). The number of rotatable bonds is 10. The quantitative estimate of drug-likeness (QED) is 0.635. The highest BCUT2D eigenvalue weighted by Crippen LogP contribution is 2.14. The number of aliphatic hydroxyl groups excluding tert-OH is 1. The molecular weight excluding hydrogens is 242 g/mol. The molecule has 0 aliphatic carbocycles. The van der Waals surface area contributed by atoms with E-state index in [1.165, 1.54) is 0 Å². The first kappa shape index (κ1) is 16.1. The molecule has 0 saturated carbocycles.